The van der Waals surface area contributed by atoms with Gasteiger partial charge in [0, 0.05) is 55.5 Å². The van der Waals surface area contributed by atoms with Gasteiger partial charge in [-0.15, -0.1) is 0 Å². The van der Waals surface area contributed by atoms with Crippen molar-refractivity contribution in [3.05, 3.63) is 384 Å². The monoisotopic (exact) mass is 1370 g/mol. The highest BCUT2D eigenvalue weighted by atomic mass is 15.2. The van der Waals surface area contributed by atoms with E-state index in [-0.39, 0.29) is 21.7 Å². The molecule has 0 heterocycles. The number of aryl methyl sites for hydroxylation is 1. The summed E-state index contributed by atoms with van der Waals surface area (Å²) in [5.41, 5.74) is 40.2. The number of hydrogen-bond donors (Lipinski definition) is 0. The lowest BCUT2D eigenvalue weighted by Gasteiger charge is -2.31. The summed E-state index contributed by atoms with van der Waals surface area (Å²) < 4.78 is 0. The zero-order chi connectivity index (χ0) is 72.4. The quantitative estimate of drug-likeness (QED) is 0.127. The second-order valence-corrected chi connectivity index (χ2v) is 32.4. The summed E-state index contributed by atoms with van der Waals surface area (Å²) in [6.07, 6.45) is 0. The van der Waals surface area contributed by atoms with Crippen LogP contribution in [0, 0.1) is 6.92 Å². The third-order valence-electron chi connectivity index (χ3n) is 25.0. The Hall–Kier alpha value is -12.4. The van der Waals surface area contributed by atoms with Crippen LogP contribution in [0.2, 0.25) is 0 Å². The van der Waals surface area contributed by atoms with Crippen LogP contribution in [0.3, 0.4) is 0 Å². The van der Waals surface area contributed by atoms with Gasteiger partial charge in [0.15, 0.2) is 0 Å². The second kappa shape index (κ2) is 23.8. The molecule has 512 valence electrons. The van der Waals surface area contributed by atoms with Crippen molar-refractivity contribution in [3.63, 3.8) is 0 Å². The molecule has 2 heteroatoms. The molecule has 0 aromatic heterocycles. The van der Waals surface area contributed by atoms with Crippen LogP contribution < -0.4 is 9.80 Å². The summed E-state index contributed by atoms with van der Waals surface area (Å²) in [7, 11) is 0. The summed E-state index contributed by atoms with van der Waals surface area (Å²) in [5.74, 6) is 0. The van der Waals surface area contributed by atoms with Gasteiger partial charge in [-0.3, -0.25) is 0 Å². The van der Waals surface area contributed by atoms with Crippen LogP contribution in [-0.2, 0) is 21.7 Å². The highest BCUT2D eigenvalue weighted by Crippen LogP contribution is 2.58. The molecule has 107 heavy (non-hydrogen) atoms. The third-order valence-corrected chi connectivity index (χ3v) is 25.0. The van der Waals surface area contributed by atoms with Crippen molar-refractivity contribution in [2.24, 2.45) is 0 Å². The molecule has 0 unspecified atom stereocenters. The largest absolute Gasteiger partial charge is 0.310 e. The topological polar surface area (TPSA) is 6.48 Å². The number of hydrogen-bond acceptors (Lipinski definition) is 2. The number of benzene rings is 16. The molecule has 2 nitrogen and oxygen atoms in total. The average molecular weight is 1370 g/mol. The molecule has 0 atom stereocenters. The molecule has 0 N–H and O–H groups in total. The number of nitrogens with zero attached hydrogens (tertiary/aromatic N) is 2. The van der Waals surface area contributed by atoms with Gasteiger partial charge < -0.3 is 9.80 Å². The maximum Gasteiger partial charge on any atom is 0.0540 e. The molecule has 16 aromatic carbocycles. The van der Waals surface area contributed by atoms with Crippen molar-refractivity contribution in [2.45, 2.75) is 84.0 Å². The molecule has 20 rings (SSSR count). The summed E-state index contributed by atoms with van der Waals surface area (Å²) in [6.45, 7) is 21.5. The van der Waals surface area contributed by atoms with Crippen molar-refractivity contribution in [3.8, 4) is 100 Å². The predicted molar refractivity (Wildman–Crippen MR) is 453 cm³/mol. The Balaban J connectivity index is 0.717. The van der Waals surface area contributed by atoms with Gasteiger partial charge in [0.2, 0.25) is 0 Å². The first-order valence-electron chi connectivity index (χ1n) is 38.0. The minimum atomic E-state index is -0.357. The fourth-order valence-corrected chi connectivity index (χ4v) is 19.3. The molecule has 0 aliphatic heterocycles. The third kappa shape index (κ3) is 9.84. The first-order valence-corrected chi connectivity index (χ1v) is 38.0. The molecule has 0 amide bonds. The van der Waals surface area contributed by atoms with Crippen LogP contribution >= 0.6 is 0 Å². The molecule has 0 bridgehead atoms. The average Bonchev–Trinajstić information content (AvgIpc) is 1.60. The van der Waals surface area contributed by atoms with E-state index < -0.39 is 0 Å². The van der Waals surface area contributed by atoms with E-state index >= 15 is 0 Å². The van der Waals surface area contributed by atoms with E-state index in [4.69, 9.17) is 0 Å². The fourth-order valence-electron chi connectivity index (χ4n) is 19.3. The molecule has 0 spiro atoms. The Bertz CT molecular complexity index is 6300. The first kappa shape index (κ1) is 64.3. The lowest BCUT2D eigenvalue weighted by atomic mass is 9.81. The Morgan fingerprint density at radius 2 is 0.533 bits per heavy atom. The summed E-state index contributed by atoms with van der Waals surface area (Å²) >= 11 is 0. The van der Waals surface area contributed by atoms with Gasteiger partial charge in [0.05, 0.1) is 11.4 Å². The number of fused-ring (bicyclic) bond motifs is 14. The normalized spacial score (nSPS) is 14.5. The summed E-state index contributed by atoms with van der Waals surface area (Å²) in [4.78, 5) is 5.10. The minimum absolute atomic E-state index is 0.186. The molecule has 0 radical (unpaired) electrons. The minimum Gasteiger partial charge on any atom is -0.310 e. The van der Waals surface area contributed by atoms with Gasteiger partial charge in [-0.2, -0.15) is 0 Å². The Kier molecular flexibility index (Phi) is 14.3. The molecule has 16 aromatic rings. The van der Waals surface area contributed by atoms with Gasteiger partial charge in [-0.1, -0.05) is 298 Å². The smallest absolute Gasteiger partial charge is 0.0540 e. The maximum atomic E-state index is 2.56. The number of anilines is 6. The van der Waals surface area contributed by atoms with Crippen LogP contribution in [0.4, 0.5) is 34.1 Å². The van der Waals surface area contributed by atoms with Gasteiger partial charge >= 0.3 is 0 Å². The molecular formula is C105H82N2. The zero-order valence-electron chi connectivity index (χ0n) is 62.1. The standard InChI is InChI=1S/C105H82N2/c1-65-26-13-16-32-77(65)91-58-70(79-38-25-31-66-29-14-17-33-78(66)79)43-55-101(91)107(75-47-52-87-83-37-21-24-41-94(83)104(6,7)98(87)63-75)76-48-53-88-84-49-42-68(60-95(84)105(8,9)99(88)64-76)72-56-69-30-15-18-34-80(69)89(59-72)71-44-54-100(90(57-71)67-27-11-10-12-28-67)106(73-45-50-85-81-35-19-22-39-92(81)102(2,3)96(85)61-73)74-46-51-86-82-36-20-23-40-93(82)103(4,5)97(86)62-74/h10-64H,1-9H3. The van der Waals surface area contributed by atoms with Crippen molar-refractivity contribution in [2.75, 3.05) is 9.80 Å². The van der Waals surface area contributed by atoms with Crippen LogP contribution in [0.5, 0.6) is 0 Å². The van der Waals surface area contributed by atoms with Crippen molar-refractivity contribution >= 4 is 55.7 Å². The first-order chi connectivity index (χ1) is 52.0. The summed E-state index contributed by atoms with van der Waals surface area (Å²) in [5, 5.41) is 4.91. The van der Waals surface area contributed by atoms with Gasteiger partial charge in [0.25, 0.3) is 0 Å². The second-order valence-electron chi connectivity index (χ2n) is 32.4. The lowest BCUT2D eigenvalue weighted by molar-refractivity contribution is 0.659. The SMILES string of the molecule is Cc1ccccc1-c1cc(-c2cccc3ccccc23)ccc1N(c1ccc2c(c1)C(C)(C)c1ccccc1-2)c1ccc2c(c1)C(C)(C)c1cc(-c3cc(-c4ccc(N(c5ccc6c(c5)C(C)(C)c5ccccc5-6)c5ccc6c(c5)C(C)(C)c5ccccc5-6)c(-c5ccccc5)c4)c4ccccc4c3)ccc1-2. The number of rotatable bonds is 11. The Morgan fingerprint density at radius 3 is 1.05 bits per heavy atom. The maximum absolute atomic E-state index is 2.56. The van der Waals surface area contributed by atoms with Gasteiger partial charge in [-0.25, -0.2) is 0 Å². The van der Waals surface area contributed by atoms with Crippen LogP contribution in [0.1, 0.15) is 105 Å². The Labute approximate surface area is 629 Å². The van der Waals surface area contributed by atoms with E-state index in [1.54, 1.807) is 0 Å². The highest BCUT2D eigenvalue weighted by molar-refractivity contribution is 6.04. The molecular weight excluding hydrogens is 1290 g/mol. The van der Waals surface area contributed by atoms with E-state index in [0.29, 0.717) is 0 Å². The van der Waals surface area contributed by atoms with E-state index in [1.807, 2.05) is 0 Å². The van der Waals surface area contributed by atoms with Crippen LogP contribution in [0.25, 0.3) is 122 Å². The highest BCUT2D eigenvalue weighted by Gasteiger charge is 2.41. The van der Waals surface area contributed by atoms with E-state index in [2.05, 4.69) is 406 Å². The van der Waals surface area contributed by atoms with E-state index in [9.17, 15) is 0 Å². The Morgan fingerprint density at radius 1 is 0.187 bits per heavy atom. The van der Waals surface area contributed by atoms with Crippen LogP contribution in [0.15, 0.2) is 334 Å². The lowest BCUT2D eigenvalue weighted by Crippen LogP contribution is -2.18. The van der Waals surface area contributed by atoms with Crippen molar-refractivity contribution in [1.82, 2.24) is 0 Å². The molecule has 0 saturated carbocycles. The summed E-state index contributed by atoms with van der Waals surface area (Å²) in [6, 6.07) is 127. The van der Waals surface area contributed by atoms with E-state index in [1.165, 1.54) is 155 Å². The van der Waals surface area contributed by atoms with Crippen LogP contribution in [-0.4, -0.2) is 0 Å². The molecule has 0 saturated heterocycles. The fraction of sp³-hybridized carbons (Fsp3) is 0.124. The molecule has 0 fully saturated rings. The predicted octanol–water partition coefficient (Wildman–Crippen LogP) is 28.8. The zero-order valence-corrected chi connectivity index (χ0v) is 62.1. The van der Waals surface area contributed by atoms with Crippen molar-refractivity contribution in [1.29, 1.82) is 0 Å². The molecule has 4 aliphatic rings. The van der Waals surface area contributed by atoms with E-state index in [0.717, 1.165) is 50.8 Å². The molecule has 4 aliphatic carbocycles. The van der Waals surface area contributed by atoms with Crippen molar-refractivity contribution < 1.29 is 0 Å². The van der Waals surface area contributed by atoms with Gasteiger partial charge in [-0.05, 0) is 259 Å². The van der Waals surface area contributed by atoms with Gasteiger partial charge in [0.1, 0.15) is 0 Å².